The Hall–Kier alpha value is -1.47. The van der Waals surface area contributed by atoms with Crippen LogP contribution < -0.4 is 0 Å². The van der Waals surface area contributed by atoms with E-state index in [-0.39, 0.29) is 10.7 Å². The first-order valence-corrected chi connectivity index (χ1v) is 6.57. The molecule has 0 aliphatic heterocycles. The van der Waals surface area contributed by atoms with Crippen molar-refractivity contribution in [3.8, 4) is 11.4 Å². The monoisotopic (exact) mass is 258 g/mol. The van der Waals surface area contributed by atoms with Gasteiger partial charge in [-0.15, -0.1) is 10.2 Å². The van der Waals surface area contributed by atoms with Crippen LogP contribution >= 0.6 is 10.7 Å². The van der Waals surface area contributed by atoms with Gasteiger partial charge in [-0.3, -0.25) is 0 Å². The standard InChI is InChI=1S/C8H7ClN4O2S/c1-13-11-8(10-12-13)6-4-2-3-5-7(6)16(9,14)15/h2-5H,1H3. The molecule has 0 spiro atoms. The average molecular weight is 259 g/mol. The fourth-order valence-electron chi connectivity index (χ4n) is 1.26. The molecule has 0 radical (unpaired) electrons. The minimum absolute atomic E-state index is 0.0235. The van der Waals surface area contributed by atoms with Crippen molar-refractivity contribution >= 4 is 19.7 Å². The van der Waals surface area contributed by atoms with Gasteiger partial charge in [-0.2, -0.15) is 4.80 Å². The van der Waals surface area contributed by atoms with E-state index in [1.165, 1.54) is 10.9 Å². The summed E-state index contributed by atoms with van der Waals surface area (Å²) in [6, 6.07) is 6.23. The van der Waals surface area contributed by atoms with Crippen LogP contribution in [-0.2, 0) is 16.1 Å². The van der Waals surface area contributed by atoms with Crippen LogP contribution in [0.5, 0.6) is 0 Å². The molecular weight excluding hydrogens is 252 g/mol. The summed E-state index contributed by atoms with van der Waals surface area (Å²) in [4.78, 5) is 1.22. The lowest BCUT2D eigenvalue weighted by atomic mass is 10.2. The highest BCUT2D eigenvalue weighted by Gasteiger charge is 2.18. The van der Waals surface area contributed by atoms with Gasteiger partial charge in [-0.05, 0) is 17.3 Å². The molecule has 0 fully saturated rings. The Balaban J connectivity index is 2.66. The molecule has 84 valence electrons. The number of aryl methyl sites for hydroxylation is 1. The fourth-order valence-corrected chi connectivity index (χ4v) is 2.32. The number of hydrogen-bond donors (Lipinski definition) is 0. The van der Waals surface area contributed by atoms with Crippen molar-refractivity contribution in [3.05, 3.63) is 24.3 Å². The molecule has 0 saturated carbocycles. The van der Waals surface area contributed by atoms with Gasteiger partial charge < -0.3 is 0 Å². The number of aromatic nitrogens is 4. The van der Waals surface area contributed by atoms with Gasteiger partial charge in [0.15, 0.2) is 0 Å². The predicted octanol–water partition coefficient (Wildman–Crippen LogP) is 0.805. The summed E-state index contributed by atoms with van der Waals surface area (Å²) < 4.78 is 22.6. The summed E-state index contributed by atoms with van der Waals surface area (Å²) in [6.07, 6.45) is 0. The van der Waals surface area contributed by atoms with E-state index in [1.54, 1.807) is 25.2 Å². The zero-order valence-electron chi connectivity index (χ0n) is 8.20. The number of benzene rings is 1. The number of rotatable bonds is 2. The third-order valence-corrected chi connectivity index (χ3v) is 3.28. The Morgan fingerprint density at radius 1 is 1.31 bits per heavy atom. The molecule has 0 bridgehead atoms. The van der Waals surface area contributed by atoms with Gasteiger partial charge in [0.05, 0.1) is 11.9 Å². The van der Waals surface area contributed by atoms with Gasteiger partial charge in [0.2, 0.25) is 5.82 Å². The minimum atomic E-state index is -3.82. The lowest BCUT2D eigenvalue weighted by Gasteiger charge is -2.01. The normalized spacial score (nSPS) is 11.6. The highest BCUT2D eigenvalue weighted by Crippen LogP contribution is 2.26. The van der Waals surface area contributed by atoms with E-state index in [9.17, 15) is 8.42 Å². The Labute approximate surface area is 96.3 Å². The van der Waals surface area contributed by atoms with Gasteiger partial charge in [0.25, 0.3) is 9.05 Å². The number of nitrogens with zero attached hydrogens (tertiary/aromatic N) is 4. The van der Waals surface area contributed by atoms with Gasteiger partial charge in [0.1, 0.15) is 0 Å². The molecule has 0 atom stereocenters. The fraction of sp³-hybridized carbons (Fsp3) is 0.125. The van der Waals surface area contributed by atoms with Crippen LogP contribution in [0.25, 0.3) is 11.4 Å². The van der Waals surface area contributed by atoms with E-state index in [0.29, 0.717) is 5.56 Å². The topological polar surface area (TPSA) is 77.7 Å². The Morgan fingerprint density at radius 2 is 2.00 bits per heavy atom. The van der Waals surface area contributed by atoms with Crippen LogP contribution in [0.1, 0.15) is 0 Å². The number of halogens is 1. The molecule has 2 aromatic rings. The first-order valence-electron chi connectivity index (χ1n) is 4.26. The van der Waals surface area contributed by atoms with Gasteiger partial charge in [-0.25, -0.2) is 8.42 Å². The first-order chi connectivity index (χ1) is 7.48. The quantitative estimate of drug-likeness (QED) is 0.745. The largest absolute Gasteiger partial charge is 0.262 e. The third kappa shape index (κ3) is 2.05. The molecule has 1 heterocycles. The van der Waals surface area contributed by atoms with Crippen molar-refractivity contribution in [3.63, 3.8) is 0 Å². The number of tetrazole rings is 1. The van der Waals surface area contributed by atoms with Crippen molar-refractivity contribution in [1.29, 1.82) is 0 Å². The predicted molar refractivity (Wildman–Crippen MR) is 57.3 cm³/mol. The smallest absolute Gasteiger partial charge is 0.207 e. The molecule has 0 amide bonds. The van der Waals surface area contributed by atoms with Crippen LogP contribution in [0.3, 0.4) is 0 Å². The van der Waals surface area contributed by atoms with E-state index >= 15 is 0 Å². The molecule has 16 heavy (non-hydrogen) atoms. The number of hydrogen-bond acceptors (Lipinski definition) is 5. The van der Waals surface area contributed by atoms with Crippen molar-refractivity contribution < 1.29 is 8.42 Å². The molecule has 0 saturated heterocycles. The highest BCUT2D eigenvalue weighted by molar-refractivity contribution is 8.13. The van der Waals surface area contributed by atoms with Crippen LogP contribution in [0.4, 0.5) is 0 Å². The zero-order valence-corrected chi connectivity index (χ0v) is 9.77. The SMILES string of the molecule is Cn1nnc(-c2ccccc2S(=O)(=O)Cl)n1. The third-order valence-electron chi connectivity index (χ3n) is 1.90. The maximum Gasteiger partial charge on any atom is 0.262 e. The first kappa shape index (κ1) is 11.0. The second-order valence-corrected chi connectivity index (χ2v) is 5.57. The molecule has 8 heteroatoms. The molecule has 0 aliphatic carbocycles. The summed E-state index contributed by atoms with van der Waals surface area (Å²) in [7, 11) is 3.08. The molecule has 1 aromatic carbocycles. The maximum absolute atomic E-state index is 11.3. The van der Waals surface area contributed by atoms with E-state index in [2.05, 4.69) is 15.4 Å². The Bertz CT molecular complexity index is 622. The Morgan fingerprint density at radius 3 is 2.56 bits per heavy atom. The van der Waals surface area contributed by atoms with Crippen molar-refractivity contribution in [2.45, 2.75) is 4.90 Å². The van der Waals surface area contributed by atoms with E-state index in [4.69, 9.17) is 10.7 Å². The minimum Gasteiger partial charge on any atom is -0.207 e. The lowest BCUT2D eigenvalue weighted by molar-refractivity contribution is 0.609. The molecule has 1 aromatic heterocycles. The second kappa shape index (κ2) is 3.84. The van der Waals surface area contributed by atoms with Crippen molar-refractivity contribution in [1.82, 2.24) is 20.2 Å². The lowest BCUT2D eigenvalue weighted by Crippen LogP contribution is -1.96. The van der Waals surface area contributed by atoms with Gasteiger partial charge >= 0.3 is 0 Å². The molecule has 0 unspecified atom stereocenters. The van der Waals surface area contributed by atoms with Gasteiger partial charge in [-0.1, -0.05) is 12.1 Å². The molecule has 0 N–H and O–H groups in total. The summed E-state index contributed by atoms with van der Waals surface area (Å²) in [5, 5.41) is 11.3. The maximum atomic E-state index is 11.3. The van der Waals surface area contributed by atoms with Crippen LogP contribution in [-0.4, -0.2) is 28.6 Å². The van der Waals surface area contributed by atoms with Crippen molar-refractivity contribution in [2.24, 2.45) is 7.05 Å². The van der Waals surface area contributed by atoms with Crippen molar-refractivity contribution in [2.75, 3.05) is 0 Å². The molecular formula is C8H7ClN4O2S. The Kier molecular flexibility index (Phi) is 2.64. The van der Waals surface area contributed by atoms with E-state index in [1.807, 2.05) is 0 Å². The van der Waals surface area contributed by atoms with E-state index < -0.39 is 9.05 Å². The highest BCUT2D eigenvalue weighted by atomic mass is 35.7. The summed E-state index contributed by atoms with van der Waals surface area (Å²) in [5.41, 5.74) is 0.339. The summed E-state index contributed by atoms with van der Waals surface area (Å²) >= 11 is 0. The van der Waals surface area contributed by atoms with Crippen LogP contribution in [0.15, 0.2) is 29.2 Å². The average Bonchev–Trinajstić information content (AvgIpc) is 2.64. The summed E-state index contributed by atoms with van der Waals surface area (Å²) in [6.45, 7) is 0. The molecule has 2 rings (SSSR count). The molecule has 0 aliphatic rings. The van der Waals surface area contributed by atoms with Gasteiger partial charge in [0, 0.05) is 16.2 Å². The van der Waals surface area contributed by atoms with Crippen LogP contribution in [0.2, 0.25) is 0 Å². The molecule has 6 nitrogen and oxygen atoms in total. The second-order valence-electron chi connectivity index (χ2n) is 3.04. The zero-order chi connectivity index (χ0) is 11.8. The summed E-state index contributed by atoms with van der Waals surface area (Å²) in [5.74, 6) is 0.224. The van der Waals surface area contributed by atoms with Crippen LogP contribution in [0, 0.1) is 0 Å². The van der Waals surface area contributed by atoms with E-state index in [0.717, 1.165) is 0 Å².